The highest BCUT2D eigenvalue weighted by atomic mass is 16.5. The van der Waals surface area contributed by atoms with E-state index in [1.54, 1.807) is 0 Å². The molecule has 2 rings (SSSR count). The summed E-state index contributed by atoms with van der Waals surface area (Å²) in [6, 6.07) is 0. The first-order chi connectivity index (χ1) is 11.1. The second kappa shape index (κ2) is 6.62. The van der Waals surface area contributed by atoms with Gasteiger partial charge in [0, 0.05) is 35.6 Å². The van der Waals surface area contributed by atoms with Crippen molar-refractivity contribution in [2.24, 2.45) is 0 Å². The fourth-order valence-corrected chi connectivity index (χ4v) is 3.70. The van der Waals surface area contributed by atoms with Crippen molar-refractivity contribution >= 4 is 5.97 Å². The summed E-state index contributed by atoms with van der Waals surface area (Å²) in [7, 11) is 0. The predicted octanol–water partition coefficient (Wildman–Crippen LogP) is 5.30. The van der Waals surface area contributed by atoms with Crippen LogP contribution >= 0.6 is 0 Å². The number of hydrogen-bond donors (Lipinski definition) is 0. The third-order valence-electron chi connectivity index (χ3n) is 4.42. The Labute approximate surface area is 146 Å². The van der Waals surface area contributed by atoms with Crippen molar-refractivity contribution in [3.8, 4) is 11.5 Å². The molecule has 3 nitrogen and oxygen atoms in total. The number of carbonyl (C=O) groups excluding carboxylic acids is 1. The number of hydrogen-bond acceptors (Lipinski definition) is 3. The quantitative estimate of drug-likeness (QED) is 0.417. The topological polar surface area (TPSA) is 35.5 Å². The molecule has 0 atom stereocenters. The summed E-state index contributed by atoms with van der Waals surface area (Å²) < 4.78 is 12.1. The summed E-state index contributed by atoms with van der Waals surface area (Å²) >= 11 is 0. The lowest BCUT2D eigenvalue weighted by molar-refractivity contribution is -0.132. The van der Waals surface area contributed by atoms with Crippen molar-refractivity contribution in [3.05, 3.63) is 34.9 Å². The standard InChI is InChI=1S/C21H30O3/c1-9-10-15-17(12(2)3)20(23-14(6)22)18(13(4)5)16-11-21(7,8)24-19(15)16/h9,12-13H,1,10-11H2,2-8H3. The van der Waals surface area contributed by atoms with Gasteiger partial charge in [0.1, 0.15) is 17.1 Å². The maximum absolute atomic E-state index is 11.8. The van der Waals surface area contributed by atoms with Crippen LogP contribution in [0, 0.1) is 0 Å². The molecule has 1 aliphatic heterocycles. The molecule has 0 spiro atoms. The smallest absolute Gasteiger partial charge is 0.308 e. The van der Waals surface area contributed by atoms with Gasteiger partial charge in [-0.25, -0.2) is 0 Å². The maximum Gasteiger partial charge on any atom is 0.308 e. The number of esters is 1. The van der Waals surface area contributed by atoms with Crippen LogP contribution in [0.2, 0.25) is 0 Å². The minimum Gasteiger partial charge on any atom is -0.487 e. The van der Waals surface area contributed by atoms with E-state index >= 15 is 0 Å². The number of benzene rings is 1. The second-order valence-electron chi connectivity index (χ2n) is 7.88. The van der Waals surface area contributed by atoms with Crippen molar-refractivity contribution in [1.29, 1.82) is 0 Å². The van der Waals surface area contributed by atoms with Gasteiger partial charge in [0.2, 0.25) is 0 Å². The van der Waals surface area contributed by atoms with Crippen molar-refractivity contribution < 1.29 is 14.3 Å². The van der Waals surface area contributed by atoms with Gasteiger partial charge in [0.15, 0.2) is 0 Å². The molecule has 0 fully saturated rings. The Kier molecular flexibility index (Phi) is 5.12. The van der Waals surface area contributed by atoms with Crippen molar-refractivity contribution in [1.82, 2.24) is 0 Å². The zero-order valence-corrected chi connectivity index (χ0v) is 16.1. The lowest BCUT2D eigenvalue weighted by Gasteiger charge is -2.25. The van der Waals surface area contributed by atoms with Gasteiger partial charge in [0.25, 0.3) is 0 Å². The van der Waals surface area contributed by atoms with Crippen molar-refractivity contribution in [2.75, 3.05) is 0 Å². The molecule has 132 valence electrons. The van der Waals surface area contributed by atoms with E-state index < -0.39 is 0 Å². The van der Waals surface area contributed by atoms with E-state index in [9.17, 15) is 4.79 Å². The Hall–Kier alpha value is -1.77. The molecule has 24 heavy (non-hydrogen) atoms. The van der Waals surface area contributed by atoms with Gasteiger partial charge in [-0.15, -0.1) is 6.58 Å². The van der Waals surface area contributed by atoms with E-state index in [0.29, 0.717) is 6.42 Å². The van der Waals surface area contributed by atoms with E-state index in [4.69, 9.17) is 9.47 Å². The van der Waals surface area contributed by atoms with Crippen LogP contribution in [-0.4, -0.2) is 11.6 Å². The monoisotopic (exact) mass is 330 g/mol. The first-order valence-electron chi connectivity index (χ1n) is 8.78. The SMILES string of the molecule is C=CCc1c2c(c(C(C)C)c(OC(C)=O)c1C(C)C)CC(C)(C)O2. The van der Waals surface area contributed by atoms with E-state index in [1.165, 1.54) is 12.5 Å². The Morgan fingerprint density at radius 3 is 2.29 bits per heavy atom. The largest absolute Gasteiger partial charge is 0.487 e. The molecule has 0 N–H and O–H groups in total. The molecule has 1 heterocycles. The maximum atomic E-state index is 11.8. The zero-order chi connectivity index (χ0) is 18.2. The lowest BCUT2D eigenvalue weighted by atomic mass is 9.83. The van der Waals surface area contributed by atoms with E-state index in [2.05, 4.69) is 48.1 Å². The van der Waals surface area contributed by atoms with Crippen LogP contribution in [0.3, 0.4) is 0 Å². The van der Waals surface area contributed by atoms with Gasteiger partial charge in [-0.3, -0.25) is 4.79 Å². The van der Waals surface area contributed by atoms with Crippen LogP contribution < -0.4 is 9.47 Å². The normalized spacial score (nSPS) is 15.4. The number of fused-ring (bicyclic) bond motifs is 1. The van der Waals surface area contributed by atoms with Crippen molar-refractivity contribution in [2.45, 2.75) is 78.7 Å². The summed E-state index contributed by atoms with van der Waals surface area (Å²) in [5.74, 6) is 1.92. The Morgan fingerprint density at radius 2 is 1.83 bits per heavy atom. The molecule has 1 aromatic carbocycles. The van der Waals surface area contributed by atoms with Gasteiger partial charge in [-0.2, -0.15) is 0 Å². The predicted molar refractivity (Wildman–Crippen MR) is 98.2 cm³/mol. The molecule has 0 radical (unpaired) electrons. The van der Waals surface area contributed by atoms with Crippen LogP contribution in [0.1, 0.15) is 82.6 Å². The molecule has 0 bridgehead atoms. The van der Waals surface area contributed by atoms with Gasteiger partial charge >= 0.3 is 5.97 Å². The third-order valence-corrected chi connectivity index (χ3v) is 4.42. The summed E-state index contributed by atoms with van der Waals surface area (Å²) in [5, 5.41) is 0. The minimum atomic E-state index is -0.276. The van der Waals surface area contributed by atoms with Crippen LogP contribution in [0.4, 0.5) is 0 Å². The average Bonchev–Trinajstić information content (AvgIpc) is 2.72. The Bertz CT molecular complexity index is 666. The zero-order valence-electron chi connectivity index (χ0n) is 16.1. The number of ether oxygens (including phenoxy) is 2. The summed E-state index contributed by atoms with van der Waals surface area (Å²) in [6.45, 7) is 18.1. The lowest BCUT2D eigenvalue weighted by Crippen LogP contribution is -2.25. The molecule has 0 saturated heterocycles. The minimum absolute atomic E-state index is 0.226. The molecular weight excluding hydrogens is 300 g/mol. The summed E-state index contributed by atoms with van der Waals surface area (Å²) in [6.07, 6.45) is 3.42. The average molecular weight is 330 g/mol. The summed E-state index contributed by atoms with van der Waals surface area (Å²) in [4.78, 5) is 11.8. The van der Waals surface area contributed by atoms with Gasteiger partial charge in [-0.05, 0) is 32.1 Å². The van der Waals surface area contributed by atoms with Crippen LogP contribution in [0.5, 0.6) is 11.5 Å². The highest BCUT2D eigenvalue weighted by Crippen LogP contribution is 2.50. The van der Waals surface area contributed by atoms with Gasteiger partial charge in [0.05, 0.1) is 0 Å². The molecule has 1 aromatic rings. The highest BCUT2D eigenvalue weighted by Gasteiger charge is 2.38. The van der Waals surface area contributed by atoms with E-state index in [-0.39, 0.29) is 23.4 Å². The second-order valence-corrected chi connectivity index (χ2v) is 7.88. The molecule has 3 heteroatoms. The number of carbonyl (C=O) groups is 1. The van der Waals surface area contributed by atoms with Gasteiger partial charge < -0.3 is 9.47 Å². The Morgan fingerprint density at radius 1 is 1.25 bits per heavy atom. The first kappa shape index (κ1) is 18.6. The third kappa shape index (κ3) is 3.35. The molecular formula is C21H30O3. The summed E-state index contributed by atoms with van der Waals surface area (Å²) in [5.41, 5.74) is 4.24. The van der Waals surface area contributed by atoms with Crippen LogP contribution in [-0.2, 0) is 17.6 Å². The molecule has 0 amide bonds. The van der Waals surface area contributed by atoms with Crippen LogP contribution in [0.15, 0.2) is 12.7 Å². The molecule has 1 aliphatic rings. The molecule has 0 aliphatic carbocycles. The van der Waals surface area contributed by atoms with Crippen molar-refractivity contribution in [3.63, 3.8) is 0 Å². The van der Waals surface area contributed by atoms with Crippen LogP contribution in [0.25, 0.3) is 0 Å². The van der Waals surface area contributed by atoms with E-state index in [0.717, 1.165) is 34.6 Å². The van der Waals surface area contributed by atoms with Gasteiger partial charge in [-0.1, -0.05) is 33.8 Å². The Balaban J connectivity index is 2.89. The first-order valence-corrected chi connectivity index (χ1v) is 8.78. The fourth-order valence-electron chi connectivity index (χ4n) is 3.70. The van der Waals surface area contributed by atoms with E-state index in [1.807, 2.05) is 6.08 Å². The molecule has 0 saturated carbocycles. The molecule has 0 unspecified atom stereocenters. The number of rotatable bonds is 5. The highest BCUT2D eigenvalue weighted by molar-refractivity contribution is 5.73. The molecule has 0 aromatic heterocycles. The fraction of sp³-hybridized carbons (Fsp3) is 0.571. The number of allylic oxidation sites excluding steroid dienone is 1.